The molecule has 14 N–H and O–H groups in total. The number of carbonyl (C=O) groups excluding carboxylic acids is 9. The molecule has 0 aromatic carbocycles. The molecule has 3 fully saturated rings. The van der Waals surface area contributed by atoms with Crippen molar-refractivity contribution in [1.29, 1.82) is 0 Å². The number of carbonyl (C=O) groups is 9. The monoisotopic (exact) mass is 998 g/mol. The fraction of sp³-hybridized carbons (Fsp3) is 0.723. The van der Waals surface area contributed by atoms with Gasteiger partial charge in [-0.05, 0) is 89.5 Å². The predicted octanol–water partition coefficient (Wildman–Crippen LogP) is -2.22. The first-order valence-electron chi connectivity index (χ1n) is 25.2. The van der Waals surface area contributed by atoms with E-state index in [9.17, 15) is 43.2 Å². The quantitative estimate of drug-likeness (QED) is 0.0193. The highest BCUT2D eigenvalue weighted by Crippen LogP contribution is 2.27. The molecule has 0 saturated carbocycles. The van der Waals surface area contributed by atoms with Crippen molar-refractivity contribution in [2.75, 3.05) is 32.7 Å². The molecule has 4 heterocycles. The van der Waals surface area contributed by atoms with Crippen LogP contribution >= 0.6 is 0 Å². The third-order valence-corrected chi connectivity index (χ3v) is 13.6. The largest absolute Gasteiger partial charge is 0.370 e. The molecule has 24 nitrogen and oxygen atoms in total. The summed E-state index contributed by atoms with van der Waals surface area (Å²) >= 11 is 0. The third kappa shape index (κ3) is 16.2. The van der Waals surface area contributed by atoms with E-state index in [1.54, 1.807) is 13.8 Å². The van der Waals surface area contributed by atoms with Gasteiger partial charge in [0.05, 0.1) is 18.4 Å². The number of nitrogens with two attached hydrogens (primary N) is 4. The maximum absolute atomic E-state index is 14.5. The van der Waals surface area contributed by atoms with E-state index in [4.69, 9.17) is 22.9 Å². The van der Waals surface area contributed by atoms with Crippen LogP contribution in [0.25, 0.3) is 0 Å². The number of rotatable bonds is 27. The lowest BCUT2D eigenvalue weighted by atomic mass is 9.96. The van der Waals surface area contributed by atoms with Crippen molar-refractivity contribution in [2.24, 2.45) is 39.8 Å². The van der Waals surface area contributed by atoms with Crippen molar-refractivity contribution in [1.82, 2.24) is 51.3 Å². The van der Waals surface area contributed by atoms with Crippen LogP contribution in [-0.2, 0) is 49.6 Å². The summed E-state index contributed by atoms with van der Waals surface area (Å²) in [6.45, 7) is 10.2. The van der Waals surface area contributed by atoms with Crippen molar-refractivity contribution in [3.63, 3.8) is 0 Å². The van der Waals surface area contributed by atoms with Crippen molar-refractivity contribution in [2.45, 2.75) is 172 Å². The number of nitrogens with one attached hydrogen (secondary N) is 6. The fourth-order valence-corrected chi connectivity index (χ4v) is 9.31. The van der Waals surface area contributed by atoms with Crippen LogP contribution in [0.15, 0.2) is 17.5 Å². The van der Waals surface area contributed by atoms with Crippen LogP contribution in [-0.4, -0.2) is 171 Å². The first-order chi connectivity index (χ1) is 33.8. The minimum atomic E-state index is -1.15. The van der Waals surface area contributed by atoms with E-state index >= 15 is 0 Å². The van der Waals surface area contributed by atoms with Crippen LogP contribution in [0.1, 0.15) is 117 Å². The number of hydrogen-bond donors (Lipinski definition) is 10. The van der Waals surface area contributed by atoms with E-state index < -0.39 is 102 Å². The zero-order valence-corrected chi connectivity index (χ0v) is 42.0. The number of hydrogen-bond acceptors (Lipinski definition) is 13. The molecular formula is C47H79N15O9. The van der Waals surface area contributed by atoms with E-state index in [1.807, 2.05) is 13.8 Å². The molecule has 3 aliphatic rings. The fourth-order valence-electron chi connectivity index (χ4n) is 9.31. The SMILES string of the molecule is CC[C@H](C)[C@H](NC(=O)[C@@H]1CCCN1C(=O)[C@@H]1CCCN1C(=O)[C@H](C)NC(=O)[C@@H](NC(=O)[C@@H](N)CCCCN)C(C)C)C(=O)N1CCC[C@H]1C(=O)N[C@@H](Cc1cnc[nH]1)C(=O)N[C@H](C=O)CCCN=C(N)N. The Bertz CT molecular complexity index is 2020. The maximum atomic E-state index is 14.5. The molecule has 0 unspecified atom stereocenters. The van der Waals surface area contributed by atoms with Crippen LogP contribution in [0.5, 0.6) is 0 Å². The Balaban J connectivity index is 1.42. The van der Waals surface area contributed by atoms with Gasteiger partial charge < -0.3 is 74.0 Å². The van der Waals surface area contributed by atoms with Crippen molar-refractivity contribution in [3.05, 3.63) is 18.2 Å². The molecule has 3 saturated heterocycles. The van der Waals surface area contributed by atoms with Crippen LogP contribution in [0.2, 0.25) is 0 Å². The second kappa shape index (κ2) is 28.0. The number of nitrogens with zero attached hydrogens (tertiary/aromatic N) is 5. The average molecular weight is 998 g/mol. The summed E-state index contributed by atoms with van der Waals surface area (Å²) in [4.78, 5) is 138. The number of H-pyrrole nitrogens is 1. The molecule has 1 aromatic heterocycles. The molecule has 4 rings (SSSR count). The van der Waals surface area contributed by atoms with Gasteiger partial charge in [0, 0.05) is 44.5 Å². The molecule has 396 valence electrons. The Morgan fingerprint density at radius 1 is 0.761 bits per heavy atom. The second-order valence-electron chi connectivity index (χ2n) is 19.3. The van der Waals surface area contributed by atoms with Gasteiger partial charge in [-0.1, -0.05) is 40.5 Å². The van der Waals surface area contributed by atoms with E-state index in [0.717, 1.165) is 0 Å². The van der Waals surface area contributed by atoms with Crippen LogP contribution in [0.4, 0.5) is 0 Å². The van der Waals surface area contributed by atoms with Crippen LogP contribution in [0.3, 0.4) is 0 Å². The Kier molecular flexibility index (Phi) is 22.7. The van der Waals surface area contributed by atoms with Crippen molar-refractivity contribution < 1.29 is 43.2 Å². The van der Waals surface area contributed by atoms with Gasteiger partial charge in [0.2, 0.25) is 47.3 Å². The van der Waals surface area contributed by atoms with Gasteiger partial charge >= 0.3 is 0 Å². The van der Waals surface area contributed by atoms with E-state index in [2.05, 4.69) is 41.5 Å². The van der Waals surface area contributed by atoms with E-state index in [-0.39, 0.29) is 56.8 Å². The number of aromatic nitrogens is 2. The van der Waals surface area contributed by atoms with Crippen LogP contribution in [0, 0.1) is 11.8 Å². The Hall–Kier alpha value is -6.17. The molecule has 71 heavy (non-hydrogen) atoms. The van der Waals surface area contributed by atoms with Gasteiger partial charge in [-0.3, -0.25) is 43.3 Å². The summed E-state index contributed by atoms with van der Waals surface area (Å²) in [5.41, 5.74) is 22.9. The zero-order valence-electron chi connectivity index (χ0n) is 42.0. The molecule has 0 radical (unpaired) electrons. The number of likely N-dealkylation sites (tertiary alicyclic amines) is 3. The highest BCUT2D eigenvalue weighted by Gasteiger charge is 2.46. The van der Waals surface area contributed by atoms with Gasteiger partial charge in [0.25, 0.3) is 0 Å². The van der Waals surface area contributed by atoms with Crippen LogP contribution < -0.4 is 49.5 Å². The number of aldehydes is 1. The normalized spacial score (nSPS) is 20.7. The molecule has 8 amide bonds. The molecular weight excluding hydrogens is 919 g/mol. The summed E-state index contributed by atoms with van der Waals surface area (Å²) in [7, 11) is 0. The highest BCUT2D eigenvalue weighted by molar-refractivity contribution is 5.98. The molecule has 3 aliphatic heterocycles. The smallest absolute Gasteiger partial charge is 0.246 e. The van der Waals surface area contributed by atoms with Gasteiger partial charge in [-0.2, -0.15) is 0 Å². The summed E-state index contributed by atoms with van der Waals surface area (Å²) in [6.07, 6.45) is 8.92. The predicted molar refractivity (Wildman–Crippen MR) is 263 cm³/mol. The lowest BCUT2D eigenvalue weighted by Gasteiger charge is -2.35. The Labute approximate surface area is 416 Å². The number of unbranched alkanes of at least 4 members (excludes halogenated alkanes) is 1. The van der Waals surface area contributed by atoms with Gasteiger partial charge in [-0.15, -0.1) is 0 Å². The first-order valence-corrected chi connectivity index (χ1v) is 25.2. The lowest BCUT2D eigenvalue weighted by Crippen LogP contribution is -2.60. The first kappa shape index (κ1) is 57.4. The third-order valence-electron chi connectivity index (χ3n) is 13.6. The van der Waals surface area contributed by atoms with Gasteiger partial charge in [-0.25, -0.2) is 4.98 Å². The molecule has 0 spiro atoms. The Morgan fingerprint density at radius 3 is 1.97 bits per heavy atom. The summed E-state index contributed by atoms with van der Waals surface area (Å²) in [5.74, 6) is -4.98. The molecule has 0 aliphatic carbocycles. The standard InChI is InChI=1S/C47H79N15O9/c1-6-28(4)38(46(71)61-21-11-15-34(61)41(66)57-33(23-31-24-52-26-54-31)40(65)56-30(25-63)13-9-19-53-47(50)51)59-42(67)35-16-10-20-60(35)45(70)36-17-12-22-62(36)44(69)29(5)55-43(68)37(27(2)3)58-39(64)32(49)14-7-8-18-48/h24-30,32-38H,6-23,48-49H2,1-5H3,(H,52,54)(H,55,68)(H,56,65)(H,57,66)(H,58,64)(H,59,67)(H4,50,51,53)/t28-,29-,30-,32-,33-,34-,35-,36-,37-,38-/m0/s1. The minimum Gasteiger partial charge on any atom is -0.370 e. The van der Waals surface area contributed by atoms with E-state index in [0.29, 0.717) is 89.2 Å². The summed E-state index contributed by atoms with van der Waals surface area (Å²) < 4.78 is 0. The molecule has 1 aromatic rings. The summed E-state index contributed by atoms with van der Waals surface area (Å²) in [5, 5.41) is 13.8. The van der Waals surface area contributed by atoms with E-state index in [1.165, 1.54) is 34.1 Å². The lowest BCUT2D eigenvalue weighted by molar-refractivity contribution is -0.148. The van der Waals surface area contributed by atoms with Crippen molar-refractivity contribution >= 4 is 59.5 Å². The number of aliphatic imine (C=N–C) groups is 1. The number of guanidine groups is 1. The highest BCUT2D eigenvalue weighted by atomic mass is 16.2. The van der Waals surface area contributed by atoms with Gasteiger partial charge in [0.15, 0.2) is 5.96 Å². The molecule has 0 bridgehead atoms. The average Bonchev–Trinajstić information content (AvgIpc) is 4.20. The minimum absolute atomic E-state index is 0.00861. The second-order valence-corrected chi connectivity index (χ2v) is 19.3. The zero-order chi connectivity index (χ0) is 52.4. The topological polar surface area (TPSA) is 369 Å². The molecule has 10 atom stereocenters. The number of aromatic amines is 1. The summed E-state index contributed by atoms with van der Waals surface area (Å²) in [6, 6.07) is -8.74. The van der Waals surface area contributed by atoms with Gasteiger partial charge in [0.1, 0.15) is 48.6 Å². The van der Waals surface area contributed by atoms with Crippen molar-refractivity contribution in [3.8, 4) is 0 Å². The maximum Gasteiger partial charge on any atom is 0.246 e. The Morgan fingerprint density at radius 2 is 1.38 bits per heavy atom. The number of amides is 8. The molecule has 24 heteroatoms. The number of imidazole rings is 1.